The molecule has 0 saturated carbocycles. The largest absolute Gasteiger partial charge is 0.465 e. The average Bonchev–Trinajstić information content (AvgIpc) is 1.97. The number of nitrogens with one attached hydrogen (secondary N) is 2. The van der Waals surface area contributed by atoms with Crippen molar-refractivity contribution in [3.8, 4) is 0 Å². The summed E-state index contributed by atoms with van der Waals surface area (Å²) in [5.74, 6) is 0. The van der Waals surface area contributed by atoms with Crippen LogP contribution in [0, 0.1) is 0 Å². The summed E-state index contributed by atoms with van der Waals surface area (Å²) in [4.78, 5) is 20.0. The van der Waals surface area contributed by atoms with Crippen LogP contribution in [0.5, 0.6) is 0 Å². The number of amides is 2. The lowest BCUT2D eigenvalue weighted by molar-refractivity contribution is 0.171. The first-order valence-corrected chi connectivity index (χ1v) is 3.13. The van der Waals surface area contributed by atoms with Gasteiger partial charge in [-0.05, 0) is 0 Å². The van der Waals surface area contributed by atoms with Gasteiger partial charge in [0.1, 0.15) is 0 Å². The highest BCUT2D eigenvalue weighted by Crippen LogP contribution is 1.79. The Kier molecular flexibility index (Phi) is 4.54. The molecular formula is C5H10N2O5. The van der Waals surface area contributed by atoms with Crippen molar-refractivity contribution < 1.29 is 24.9 Å². The lowest BCUT2D eigenvalue weighted by Crippen LogP contribution is -2.45. The third-order valence-corrected chi connectivity index (χ3v) is 1.05. The number of aliphatic hydroxyl groups is 1. The Morgan fingerprint density at radius 3 is 2.17 bits per heavy atom. The van der Waals surface area contributed by atoms with Gasteiger partial charge in [0, 0.05) is 6.54 Å². The fraction of sp³-hybridized carbons (Fsp3) is 0.600. The third-order valence-electron chi connectivity index (χ3n) is 1.05. The lowest BCUT2D eigenvalue weighted by atomic mass is 10.3. The zero-order valence-corrected chi connectivity index (χ0v) is 6.15. The van der Waals surface area contributed by atoms with E-state index in [-0.39, 0.29) is 6.54 Å². The quantitative estimate of drug-likeness (QED) is 0.373. The minimum absolute atomic E-state index is 0.155. The van der Waals surface area contributed by atoms with Crippen molar-refractivity contribution in [2.45, 2.75) is 6.04 Å². The molecule has 0 aliphatic carbocycles. The number of carbonyl (C=O) groups is 2. The minimum atomic E-state index is -1.30. The van der Waals surface area contributed by atoms with Crippen LogP contribution in [0.2, 0.25) is 0 Å². The maximum Gasteiger partial charge on any atom is 0.405 e. The van der Waals surface area contributed by atoms with E-state index < -0.39 is 24.8 Å². The Hall–Kier alpha value is -1.50. The van der Waals surface area contributed by atoms with E-state index in [0.29, 0.717) is 0 Å². The first kappa shape index (κ1) is 10.5. The molecule has 0 saturated heterocycles. The Labute approximate surface area is 68.0 Å². The van der Waals surface area contributed by atoms with Gasteiger partial charge in [-0.3, -0.25) is 0 Å². The summed E-state index contributed by atoms with van der Waals surface area (Å²) >= 11 is 0. The van der Waals surface area contributed by atoms with E-state index in [1.54, 1.807) is 0 Å². The van der Waals surface area contributed by atoms with Crippen molar-refractivity contribution in [1.82, 2.24) is 10.6 Å². The molecule has 0 fully saturated rings. The van der Waals surface area contributed by atoms with Gasteiger partial charge in [0.25, 0.3) is 0 Å². The molecule has 12 heavy (non-hydrogen) atoms. The van der Waals surface area contributed by atoms with Crippen molar-refractivity contribution in [3.63, 3.8) is 0 Å². The fourth-order valence-corrected chi connectivity index (χ4v) is 0.546. The van der Waals surface area contributed by atoms with Crippen LogP contribution in [0.4, 0.5) is 9.59 Å². The number of hydrogen-bond acceptors (Lipinski definition) is 3. The van der Waals surface area contributed by atoms with E-state index in [1.807, 2.05) is 10.6 Å². The maximum absolute atomic E-state index is 10.0. The van der Waals surface area contributed by atoms with Crippen LogP contribution in [0.15, 0.2) is 0 Å². The summed E-state index contributed by atoms with van der Waals surface area (Å²) < 4.78 is 0. The standard InChI is InChI=1S/C5H10N2O5/c8-2-3(7-5(11)12)1-6-4(9)10/h3,6-8H,1-2H2,(H,9,10)(H,11,12). The number of rotatable bonds is 4. The molecular weight excluding hydrogens is 168 g/mol. The Bertz CT molecular complexity index is 171. The SMILES string of the molecule is O=C(O)NCC(CO)NC(=O)O. The molecule has 0 spiro atoms. The molecule has 0 aromatic rings. The van der Waals surface area contributed by atoms with Crippen molar-refractivity contribution in [2.75, 3.05) is 13.2 Å². The van der Waals surface area contributed by atoms with Crippen molar-refractivity contribution >= 4 is 12.2 Å². The van der Waals surface area contributed by atoms with E-state index in [4.69, 9.17) is 15.3 Å². The van der Waals surface area contributed by atoms with Gasteiger partial charge in [0.05, 0.1) is 12.6 Å². The number of aliphatic hydroxyl groups excluding tert-OH is 1. The normalized spacial score (nSPS) is 11.8. The molecule has 1 atom stereocenters. The molecule has 0 aliphatic rings. The van der Waals surface area contributed by atoms with Gasteiger partial charge in [0.15, 0.2) is 0 Å². The number of carboxylic acid groups (broad SMARTS) is 2. The molecule has 2 amide bonds. The highest BCUT2D eigenvalue weighted by Gasteiger charge is 2.10. The van der Waals surface area contributed by atoms with Gasteiger partial charge >= 0.3 is 12.2 Å². The summed E-state index contributed by atoms with van der Waals surface area (Å²) in [6, 6.07) is -0.807. The minimum Gasteiger partial charge on any atom is -0.465 e. The Morgan fingerprint density at radius 2 is 1.83 bits per heavy atom. The molecule has 0 bridgehead atoms. The molecule has 7 heteroatoms. The molecule has 7 nitrogen and oxygen atoms in total. The Morgan fingerprint density at radius 1 is 1.25 bits per heavy atom. The first-order valence-electron chi connectivity index (χ1n) is 3.13. The van der Waals surface area contributed by atoms with Gasteiger partial charge in [-0.25, -0.2) is 9.59 Å². The van der Waals surface area contributed by atoms with Crippen LogP contribution < -0.4 is 10.6 Å². The molecule has 0 aliphatic heterocycles. The van der Waals surface area contributed by atoms with Crippen LogP contribution in [0.25, 0.3) is 0 Å². The van der Waals surface area contributed by atoms with E-state index in [9.17, 15) is 9.59 Å². The van der Waals surface area contributed by atoms with Gasteiger partial charge < -0.3 is 26.0 Å². The summed E-state index contributed by atoms with van der Waals surface area (Å²) in [5.41, 5.74) is 0. The molecule has 0 heterocycles. The third kappa shape index (κ3) is 5.30. The summed E-state index contributed by atoms with van der Waals surface area (Å²) in [7, 11) is 0. The molecule has 1 unspecified atom stereocenters. The van der Waals surface area contributed by atoms with Gasteiger partial charge in [0.2, 0.25) is 0 Å². The van der Waals surface area contributed by atoms with Crippen LogP contribution >= 0.6 is 0 Å². The highest BCUT2D eigenvalue weighted by molar-refractivity contribution is 5.66. The molecule has 70 valence electrons. The smallest absolute Gasteiger partial charge is 0.405 e. The predicted octanol–water partition coefficient (Wildman–Crippen LogP) is -1.12. The summed E-state index contributed by atoms with van der Waals surface area (Å²) in [6.45, 7) is -0.606. The fourth-order valence-electron chi connectivity index (χ4n) is 0.546. The zero-order chi connectivity index (χ0) is 9.56. The van der Waals surface area contributed by atoms with Gasteiger partial charge in [-0.2, -0.15) is 0 Å². The van der Waals surface area contributed by atoms with E-state index >= 15 is 0 Å². The second-order valence-corrected chi connectivity index (χ2v) is 2.02. The van der Waals surface area contributed by atoms with Gasteiger partial charge in [-0.1, -0.05) is 0 Å². The molecule has 0 rings (SSSR count). The molecule has 0 aromatic heterocycles. The topological polar surface area (TPSA) is 119 Å². The maximum atomic E-state index is 10.0. The predicted molar refractivity (Wildman–Crippen MR) is 38.1 cm³/mol. The van der Waals surface area contributed by atoms with Crippen LogP contribution in [0.1, 0.15) is 0 Å². The number of hydrogen-bond donors (Lipinski definition) is 5. The van der Waals surface area contributed by atoms with Crippen molar-refractivity contribution in [1.29, 1.82) is 0 Å². The molecule has 0 aromatic carbocycles. The average molecular weight is 178 g/mol. The monoisotopic (exact) mass is 178 g/mol. The highest BCUT2D eigenvalue weighted by atomic mass is 16.4. The lowest BCUT2D eigenvalue weighted by Gasteiger charge is -2.12. The second kappa shape index (κ2) is 5.19. The summed E-state index contributed by atoms with van der Waals surface area (Å²) in [6.07, 6.45) is -2.57. The van der Waals surface area contributed by atoms with Crippen LogP contribution in [0.3, 0.4) is 0 Å². The van der Waals surface area contributed by atoms with E-state index in [1.165, 1.54) is 0 Å². The van der Waals surface area contributed by atoms with E-state index in [0.717, 1.165) is 0 Å². The van der Waals surface area contributed by atoms with Crippen molar-refractivity contribution in [2.24, 2.45) is 0 Å². The summed E-state index contributed by atoms with van der Waals surface area (Å²) in [5, 5.41) is 28.7. The van der Waals surface area contributed by atoms with Crippen molar-refractivity contribution in [3.05, 3.63) is 0 Å². The van der Waals surface area contributed by atoms with Crippen LogP contribution in [-0.4, -0.2) is 46.7 Å². The first-order chi connectivity index (χ1) is 5.56. The van der Waals surface area contributed by atoms with E-state index in [2.05, 4.69) is 0 Å². The Balaban J connectivity index is 3.67. The second-order valence-electron chi connectivity index (χ2n) is 2.02. The zero-order valence-electron chi connectivity index (χ0n) is 6.15. The van der Waals surface area contributed by atoms with Crippen LogP contribution in [-0.2, 0) is 0 Å². The van der Waals surface area contributed by atoms with Gasteiger partial charge in [-0.15, -0.1) is 0 Å². The molecule has 0 radical (unpaired) electrons. The molecule has 5 N–H and O–H groups in total.